The fourth-order valence-corrected chi connectivity index (χ4v) is 3.35. The summed E-state index contributed by atoms with van der Waals surface area (Å²) in [6.45, 7) is 4.64. The van der Waals surface area contributed by atoms with Crippen molar-refractivity contribution in [2.45, 2.75) is 39.2 Å². The molecule has 2 amide bonds. The molecule has 1 aromatic carbocycles. The zero-order valence-corrected chi connectivity index (χ0v) is 15.2. The molecule has 1 aliphatic rings. The second kappa shape index (κ2) is 8.94. The van der Waals surface area contributed by atoms with E-state index in [1.54, 1.807) is 18.0 Å². The number of carbonyl (C=O) groups is 2. The first-order valence-corrected chi connectivity index (χ1v) is 8.88. The van der Waals surface area contributed by atoms with Gasteiger partial charge >= 0.3 is 0 Å². The van der Waals surface area contributed by atoms with Crippen molar-refractivity contribution in [1.82, 2.24) is 10.2 Å². The highest BCUT2D eigenvalue weighted by atomic mass is 19.1. The molecule has 0 unspecified atom stereocenters. The predicted octanol–water partition coefficient (Wildman–Crippen LogP) is 2.64. The van der Waals surface area contributed by atoms with Crippen LogP contribution in [0, 0.1) is 17.7 Å². The third-order valence-corrected chi connectivity index (χ3v) is 4.99. The molecule has 0 radical (unpaired) electrons. The quantitative estimate of drug-likeness (QED) is 0.830. The van der Waals surface area contributed by atoms with Gasteiger partial charge in [0.1, 0.15) is 5.82 Å². The van der Waals surface area contributed by atoms with E-state index < -0.39 is 5.82 Å². The highest BCUT2D eigenvalue weighted by Gasteiger charge is 2.28. The number of carbonyl (C=O) groups excluding carboxylic acids is 2. The van der Waals surface area contributed by atoms with Crippen LogP contribution in [-0.2, 0) is 9.59 Å². The highest BCUT2D eigenvalue weighted by molar-refractivity contribution is 5.92. The average Bonchev–Trinajstić information content (AvgIpc) is 2.51. The Morgan fingerprint density at radius 3 is 2.64 bits per heavy atom. The molecule has 5 nitrogen and oxygen atoms in total. The van der Waals surface area contributed by atoms with Crippen LogP contribution in [0.3, 0.4) is 0 Å². The SMILES string of the molecule is C[C@@H]1[C@@H](C)CCC[C@H]1NC(=O)CN(C)CC(=O)Nc1cccc(F)c1. The lowest BCUT2D eigenvalue weighted by atomic mass is 9.78. The summed E-state index contributed by atoms with van der Waals surface area (Å²) in [4.78, 5) is 25.9. The van der Waals surface area contributed by atoms with E-state index in [4.69, 9.17) is 0 Å². The molecule has 1 aromatic rings. The molecule has 0 spiro atoms. The van der Waals surface area contributed by atoms with Gasteiger partial charge in [0, 0.05) is 11.7 Å². The monoisotopic (exact) mass is 349 g/mol. The molecule has 138 valence electrons. The Kier molecular flexibility index (Phi) is 6.93. The van der Waals surface area contributed by atoms with E-state index in [-0.39, 0.29) is 30.9 Å². The molecule has 0 bridgehead atoms. The molecule has 25 heavy (non-hydrogen) atoms. The van der Waals surface area contributed by atoms with Crippen molar-refractivity contribution in [3.8, 4) is 0 Å². The predicted molar refractivity (Wildman–Crippen MR) is 96.6 cm³/mol. The average molecular weight is 349 g/mol. The van der Waals surface area contributed by atoms with Crippen molar-refractivity contribution >= 4 is 17.5 Å². The molecule has 1 saturated carbocycles. The lowest BCUT2D eigenvalue weighted by Gasteiger charge is -2.34. The van der Waals surface area contributed by atoms with Crippen molar-refractivity contribution < 1.29 is 14.0 Å². The fraction of sp³-hybridized carbons (Fsp3) is 0.579. The minimum absolute atomic E-state index is 0.0630. The zero-order chi connectivity index (χ0) is 18.4. The summed E-state index contributed by atoms with van der Waals surface area (Å²) in [7, 11) is 1.72. The van der Waals surface area contributed by atoms with Gasteiger partial charge in [0.2, 0.25) is 11.8 Å². The van der Waals surface area contributed by atoms with Crippen molar-refractivity contribution in [2.75, 3.05) is 25.5 Å². The number of benzene rings is 1. The van der Waals surface area contributed by atoms with Crippen LogP contribution in [0.15, 0.2) is 24.3 Å². The fourth-order valence-electron chi connectivity index (χ4n) is 3.35. The number of halogens is 1. The molecule has 3 atom stereocenters. The lowest BCUT2D eigenvalue weighted by Crippen LogP contribution is -2.47. The van der Waals surface area contributed by atoms with E-state index in [0.29, 0.717) is 17.5 Å². The Bertz CT molecular complexity index is 608. The number of amides is 2. The van der Waals surface area contributed by atoms with Gasteiger partial charge in [-0.25, -0.2) is 4.39 Å². The first-order valence-electron chi connectivity index (χ1n) is 8.88. The van der Waals surface area contributed by atoms with Crippen LogP contribution >= 0.6 is 0 Å². The van der Waals surface area contributed by atoms with Gasteiger partial charge in [0.05, 0.1) is 13.1 Å². The van der Waals surface area contributed by atoms with Crippen LogP contribution in [0.25, 0.3) is 0 Å². The number of rotatable bonds is 6. The van der Waals surface area contributed by atoms with Gasteiger partial charge < -0.3 is 10.6 Å². The minimum atomic E-state index is -0.402. The van der Waals surface area contributed by atoms with E-state index in [1.165, 1.54) is 24.6 Å². The number of hydrogen-bond acceptors (Lipinski definition) is 3. The first kappa shape index (κ1) is 19.4. The molecule has 0 saturated heterocycles. The number of anilines is 1. The molecule has 0 aliphatic heterocycles. The van der Waals surface area contributed by atoms with Gasteiger partial charge in [-0.2, -0.15) is 0 Å². The molecule has 2 rings (SSSR count). The van der Waals surface area contributed by atoms with Gasteiger partial charge in [-0.15, -0.1) is 0 Å². The lowest BCUT2D eigenvalue weighted by molar-refractivity contribution is -0.124. The van der Waals surface area contributed by atoms with Gasteiger partial charge in [-0.1, -0.05) is 32.8 Å². The van der Waals surface area contributed by atoms with E-state index >= 15 is 0 Å². The summed E-state index contributed by atoms with van der Waals surface area (Å²) in [6, 6.07) is 5.95. The van der Waals surface area contributed by atoms with E-state index in [0.717, 1.165) is 12.8 Å². The van der Waals surface area contributed by atoms with Crippen molar-refractivity contribution in [1.29, 1.82) is 0 Å². The Morgan fingerprint density at radius 2 is 1.92 bits per heavy atom. The van der Waals surface area contributed by atoms with Gasteiger partial charge in [0.15, 0.2) is 0 Å². The third-order valence-electron chi connectivity index (χ3n) is 4.99. The second-order valence-corrected chi connectivity index (χ2v) is 7.17. The number of nitrogens with one attached hydrogen (secondary N) is 2. The molecule has 1 aliphatic carbocycles. The van der Waals surface area contributed by atoms with Crippen molar-refractivity contribution in [2.24, 2.45) is 11.8 Å². The van der Waals surface area contributed by atoms with Crippen molar-refractivity contribution in [3.05, 3.63) is 30.1 Å². The maximum atomic E-state index is 13.1. The zero-order valence-electron chi connectivity index (χ0n) is 15.2. The largest absolute Gasteiger partial charge is 0.352 e. The maximum Gasteiger partial charge on any atom is 0.238 e. The Balaban J connectivity index is 1.76. The van der Waals surface area contributed by atoms with Crippen LogP contribution in [0.2, 0.25) is 0 Å². The summed E-state index contributed by atoms with van der Waals surface area (Å²) >= 11 is 0. The second-order valence-electron chi connectivity index (χ2n) is 7.17. The molecule has 2 N–H and O–H groups in total. The van der Waals surface area contributed by atoms with Crippen LogP contribution in [0.1, 0.15) is 33.1 Å². The van der Waals surface area contributed by atoms with Gasteiger partial charge in [-0.3, -0.25) is 14.5 Å². The van der Waals surface area contributed by atoms with Gasteiger partial charge in [-0.05, 0) is 43.5 Å². The smallest absolute Gasteiger partial charge is 0.238 e. The van der Waals surface area contributed by atoms with Crippen LogP contribution in [0.4, 0.5) is 10.1 Å². The van der Waals surface area contributed by atoms with E-state index in [9.17, 15) is 14.0 Å². The summed E-state index contributed by atoms with van der Waals surface area (Å²) in [5.74, 6) is 0.349. The molecule has 1 fully saturated rings. The molecular weight excluding hydrogens is 321 g/mol. The van der Waals surface area contributed by atoms with E-state index in [2.05, 4.69) is 24.5 Å². The number of likely N-dealkylation sites (N-methyl/N-ethyl adjacent to an activating group) is 1. The molecule has 0 heterocycles. The Morgan fingerprint density at radius 1 is 1.20 bits per heavy atom. The van der Waals surface area contributed by atoms with E-state index in [1.807, 2.05) is 0 Å². The highest BCUT2D eigenvalue weighted by Crippen LogP contribution is 2.29. The third kappa shape index (κ3) is 6.12. The summed E-state index contributed by atoms with van der Waals surface area (Å²) in [5.41, 5.74) is 0.410. The number of hydrogen-bond donors (Lipinski definition) is 2. The first-order chi connectivity index (χ1) is 11.8. The maximum absolute atomic E-state index is 13.1. The summed E-state index contributed by atoms with van der Waals surface area (Å²) < 4.78 is 13.1. The molecular formula is C19H28FN3O2. The normalized spacial score (nSPS) is 23.3. The summed E-state index contributed by atoms with van der Waals surface area (Å²) in [5, 5.41) is 5.73. The Hall–Kier alpha value is -1.95. The summed E-state index contributed by atoms with van der Waals surface area (Å²) in [6.07, 6.45) is 3.37. The Labute approximate surface area is 149 Å². The topological polar surface area (TPSA) is 61.4 Å². The molecule has 0 aromatic heterocycles. The standard InChI is InChI=1S/C19H28FN3O2/c1-13-6-4-9-17(14(13)2)22-19(25)12-23(3)11-18(24)21-16-8-5-7-15(20)10-16/h5,7-8,10,13-14,17H,4,6,9,11-12H2,1-3H3,(H,21,24)(H,22,25)/t13-,14+,17+/m0/s1. The number of nitrogens with zero attached hydrogens (tertiary/aromatic N) is 1. The van der Waals surface area contributed by atoms with Crippen LogP contribution in [-0.4, -0.2) is 42.9 Å². The minimum Gasteiger partial charge on any atom is -0.352 e. The van der Waals surface area contributed by atoms with Crippen molar-refractivity contribution in [3.63, 3.8) is 0 Å². The van der Waals surface area contributed by atoms with Crippen LogP contribution < -0.4 is 10.6 Å². The molecule has 6 heteroatoms. The van der Waals surface area contributed by atoms with Crippen LogP contribution in [0.5, 0.6) is 0 Å². The van der Waals surface area contributed by atoms with Gasteiger partial charge in [0.25, 0.3) is 0 Å².